The van der Waals surface area contributed by atoms with Gasteiger partial charge in [0.1, 0.15) is 0 Å². The molecule has 0 heterocycles. The Morgan fingerprint density at radius 2 is 2.00 bits per heavy atom. The van der Waals surface area contributed by atoms with Crippen LogP contribution in [0.3, 0.4) is 0 Å². The fourth-order valence-corrected chi connectivity index (χ4v) is 1.54. The summed E-state index contributed by atoms with van der Waals surface area (Å²) in [6.07, 6.45) is 0. The van der Waals surface area contributed by atoms with E-state index < -0.39 is 11.6 Å². The van der Waals surface area contributed by atoms with Gasteiger partial charge in [0.25, 0.3) is 0 Å². The molecule has 0 amide bonds. The zero-order valence-electron chi connectivity index (χ0n) is 8.00. The molecular weight excluding hydrogens is 204 g/mol. The first-order valence-electron chi connectivity index (χ1n) is 4.37. The minimum absolute atomic E-state index is 0.609. The summed E-state index contributed by atoms with van der Waals surface area (Å²) in [5.41, 5.74) is 0.771. The Morgan fingerprint density at radius 3 is 2.57 bits per heavy atom. The Kier molecular flexibility index (Phi) is 4.35. The second kappa shape index (κ2) is 5.32. The first-order chi connectivity index (χ1) is 6.63. The molecule has 0 spiro atoms. The van der Waals surface area contributed by atoms with Crippen molar-refractivity contribution >= 4 is 12.6 Å². The van der Waals surface area contributed by atoms with Crippen LogP contribution in [-0.2, 0) is 6.54 Å². The van der Waals surface area contributed by atoms with E-state index in [-0.39, 0.29) is 0 Å². The topological polar surface area (TPSA) is 3.24 Å². The molecule has 0 aliphatic carbocycles. The highest BCUT2D eigenvalue weighted by atomic mass is 32.1. The molecule has 0 aliphatic heterocycles. The number of halogens is 2. The van der Waals surface area contributed by atoms with Gasteiger partial charge in [0.2, 0.25) is 0 Å². The van der Waals surface area contributed by atoms with Crippen LogP contribution >= 0.6 is 12.6 Å². The summed E-state index contributed by atoms with van der Waals surface area (Å²) in [4.78, 5) is 2.00. The average Bonchev–Trinajstić information content (AvgIpc) is 2.12. The van der Waals surface area contributed by atoms with Gasteiger partial charge in [-0.25, -0.2) is 8.78 Å². The lowest BCUT2D eigenvalue weighted by Crippen LogP contribution is -2.20. The molecule has 4 heteroatoms. The van der Waals surface area contributed by atoms with Gasteiger partial charge in [0, 0.05) is 18.8 Å². The van der Waals surface area contributed by atoms with Crippen LogP contribution in [0.4, 0.5) is 8.78 Å². The summed E-state index contributed by atoms with van der Waals surface area (Å²) in [5.74, 6) is -0.840. The van der Waals surface area contributed by atoms with E-state index in [1.165, 1.54) is 6.07 Å². The molecule has 0 aliphatic rings. The normalized spacial score (nSPS) is 10.9. The van der Waals surface area contributed by atoms with Crippen molar-refractivity contribution in [3.63, 3.8) is 0 Å². The van der Waals surface area contributed by atoms with Crippen molar-refractivity contribution < 1.29 is 8.78 Å². The van der Waals surface area contributed by atoms with Gasteiger partial charge in [-0.15, -0.1) is 0 Å². The standard InChI is InChI=1S/C10H13F2NS/c1-13(4-5-14)7-8-2-3-9(11)10(12)6-8/h2-3,6,14H,4-5,7H2,1H3. The van der Waals surface area contributed by atoms with Crippen molar-refractivity contribution in [1.82, 2.24) is 4.90 Å². The molecule has 0 aromatic heterocycles. The molecule has 0 radical (unpaired) electrons. The summed E-state index contributed by atoms with van der Waals surface area (Å²) < 4.78 is 25.4. The highest BCUT2D eigenvalue weighted by Crippen LogP contribution is 2.10. The van der Waals surface area contributed by atoms with E-state index in [9.17, 15) is 8.78 Å². The van der Waals surface area contributed by atoms with Crippen molar-refractivity contribution in [2.24, 2.45) is 0 Å². The van der Waals surface area contributed by atoms with E-state index in [0.29, 0.717) is 6.54 Å². The number of benzene rings is 1. The molecule has 0 saturated carbocycles. The summed E-state index contributed by atoms with van der Waals surface area (Å²) in [7, 11) is 1.91. The molecule has 0 fully saturated rings. The van der Waals surface area contributed by atoms with Crippen LogP contribution in [-0.4, -0.2) is 24.2 Å². The van der Waals surface area contributed by atoms with Crippen LogP contribution in [0, 0.1) is 11.6 Å². The second-order valence-electron chi connectivity index (χ2n) is 3.21. The quantitative estimate of drug-likeness (QED) is 0.758. The Bertz CT molecular complexity index is 304. The minimum atomic E-state index is -0.800. The molecule has 1 nitrogen and oxygen atoms in total. The van der Waals surface area contributed by atoms with E-state index in [0.717, 1.165) is 23.9 Å². The van der Waals surface area contributed by atoms with E-state index in [1.54, 1.807) is 6.07 Å². The predicted octanol–water partition coefficient (Wildman–Crippen LogP) is 2.33. The molecule has 0 bridgehead atoms. The second-order valence-corrected chi connectivity index (χ2v) is 3.66. The first-order valence-corrected chi connectivity index (χ1v) is 5.00. The number of thiol groups is 1. The molecular formula is C10H13F2NS. The van der Waals surface area contributed by atoms with Crippen molar-refractivity contribution in [2.75, 3.05) is 19.3 Å². The van der Waals surface area contributed by atoms with Crippen molar-refractivity contribution in [3.05, 3.63) is 35.4 Å². The third kappa shape index (κ3) is 3.27. The van der Waals surface area contributed by atoms with Gasteiger partial charge in [-0.3, -0.25) is 0 Å². The summed E-state index contributed by atoms with van der Waals surface area (Å²) in [5, 5.41) is 0. The van der Waals surface area contributed by atoms with Gasteiger partial charge < -0.3 is 4.90 Å². The zero-order chi connectivity index (χ0) is 10.6. The van der Waals surface area contributed by atoms with Crippen molar-refractivity contribution in [1.29, 1.82) is 0 Å². The number of hydrogen-bond donors (Lipinski definition) is 1. The SMILES string of the molecule is CN(CCS)Cc1ccc(F)c(F)c1. The zero-order valence-corrected chi connectivity index (χ0v) is 8.90. The van der Waals surface area contributed by atoms with Gasteiger partial charge >= 0.3 is 0 Å². The number of rotatable bonds is 4. The smallest absolute Gasteiger partial charge is 0.159 e. The van der Waals surface area contributed by atoms with Crippen molar-refractivity contribution in [2.45, 2.75) is 6.54 Å². The van der Waals surface area contributed by atoms with E-state index in [1.807, 2.05) is 11.9 Å². The number of hydrogen-bond acceptors (Lipinski definition) is 2. The fraction of sp³-hybridized carbons (Fsp3) is 0.400. The maximum atomic E-state index is 12.8. The molecule has 0 saturated heterocycles. The highest BCUT2D eigenvalue weighted by molar-refractivity contribution is 7.80. The van der Waals surface area contributed by atoms with E-state index >= 15 is 0 Å². The Morgan fingerprint density at radius 1 is 1.29 bits per heavy atom. The van der Waals surface area contributed by atoms with Crippen LogP contribution in [0.25, 0.3) is 0 Å². The molecule has 0 atom stereocenters. The van der Waals surface area contributed by atoms with Crippen molar-refractivity contribution in [3.8, 4) is 0 Å². The molecule has 0 unspecified atom stereocenters. The van der Waals surface area contributed by atoms with Crippen LogP contribution < -0.4 is 0 Å². The largest absolute Gasteiger partial charge is 0.301 e. The summed E-state index contributed by atoms with van der Waals surface area (Å²) >= 11 is 4.09. The molecule has 1 rings (SSSR count). The fourth-order valence-electron chi connectivity index (χ4n) is 1.20. The molecule has 1 aromatic rings. The number of nitrogens with zero attached hydrogens (tertiary/aromatic N) is 1. The Labute approximate surface area is 88.1 Å². The van der Waals surface area contributed by atoms with Crippen LogP contribution in [0.1, 0.15) is 5.56 Å². The van der Waals surface area contributed by atoms with E-state index in [2.05, 4.69) is 12.6 Å². The van der Waals surface area contributed by atoms with Gasteiger partial charge in [-0.1, -0.05) is 6.07 Å². The third-order valence-corrected chi connectivity index (χ3v) is 2.12. The van der Waals surface area contributed by atoms with Gasteiger partial charge in [0.15, 0.2) is 11.6 Å². The van der Waals surface area contributed by atoms with Crippen LogP contribution in [0.15, 0.2) is 18.2 Å². The lowest BCUT2D eigenvalue weighted by atomic mass is 10.2. The van der Waals surface area contributed by atoms with Crippen LogP contribution in [0.5, 0.6) is 0 Å². The van der Waals surface area contributed by atoms with Gasteiger partial charge in [-0.2, -0.15) is 12.6 Å². The molecule has 0 N–H and O–H groups in total. The molecule has 78 valence electrons. The first kappa shape index (κ1) is 11.5. The van der Waals surface area contributed by atoms with Gasteiger partial charge in [-0.05, 0) is 24.7 Å². The lowest BCUT2D eigenvalue weighted by molar-refractivity contribution is 0.347. The maximum Gasteiger partial charge on any atom is 0.159 e. The van der Waals surface area contributed by atoms with E-state index in [4.69, 9.17) is 0 Å². The predicted molar refractivity (Wildman–Crippen MR) is 56.5 cm³/mol. The summed E-state index contributed by atoms with van der Waals surface area (Å²) in [6, 6.07) is 3.97. The highest BCUT2D eigenvalue weighted by Gasteiger charge is 2.04. The Balaban J connectivity index is 2.63. The summed E-state index contributed by atoms with van der Waals surface area (Å²) in [6.45, 7) is 1.43. The third-order valence-electron chi connectivity index (χ3n) is 1.92. The average molecular weight is 217 g/mol. The maximum absolute atomic E-state index is 12.8. The minimum Gasteiger partial charge on any atom is -0.301 e. The lowest BCUT2D eigenvalue weighted by Gasteiger charge is -2.14. The molecule has 1 aromatic carbocycles. The molecule has 14 heavy (non-hydrogen) atoms. The van der Waals surface area contributed by atoms with Crippen LogP contribution in [0.2, 0.25) is 0 Å². The van der Waals surface area contributed by atoms with Gasteiger partial charge in [0.05, 0.1) is 0 Å². The Hall–Kier alpha value is -0.610. The monoisotopic (exact) mass is 217 g/mol.